The van der Waals surface area contributed by atoms with E-state index in [4.69, 9.17) is 15.9 Å². The summed E-state index contributed by atoms with van der Waals surface area (Å²) in [6, 6.07) is 20.0. The van der Waals surface area contributed by atoms with Crippen LogP contribution in [0.2, 0.25) is 0 Å². The SMILES string of the molecule is ClOP(c1ccccc1)c1ccccc1. The van der Waals surface area contributed by atoms with Crippen molar-refractivity contribution in [1.82, 2.24) is 0 Å². The van der Waals surface area contributed by atoms with Crippen molar-refractivity contribution in [2.45, 2.75) is 0 Å². The van der Waals surface area contributed by atoms with Crippen LogP contribution in [0.25, 0.3) is 0 Å². The fourth-order valence-corrected chi connectivity index (χ4v) is 3.18. The Hall–Kier alpha value is -0.880. The van der Waals surface area contributed by atoms with Crippen molar-refractivity contribution in [3.05, 3.63) is 60.7 Å². The van der Waals surface area contributed by atoms with Crippen LogP contribution in [0, 0.1) is 0 Å². The van der Waals surface area contributed by atoms with Gasteiger partial charge >= 0.3 is 0 Å². The lowest BCUT2D eigenvalue weighted by Crippen LogP contribution is -2.10. The highest BCUT2D eigenvalue weighted by Gasteiger charge is 2.13. The molecule has 0 spiro atoms. The molecule has 2 aromatic rings. The minimum Gasteiger partial charge on any atom is -0.247 e. The first kappa shape index (κ1) is 10.6. The molecule has 0 heterocycles. The molecular weight excluding hydrogens is 227 g/mol. The molecule has 0 amide bonds. The minimum absolute atomic E-state index is 0.883. The van der Waals surface area contributed by atoms with Gasteiger partial charge in [0.15, 0.2) is 0 Å². The van der Waals surface area contributed by atoms with E-state index >= 15 is 0 Å². The summed E-state index contributed by atoms with van der Waals surface area (Å²) in [6.07, 6.45) is 0. The van der Waals surface area contributed by atoms with Gasteiger partial charge in [0.25, 0.3) is 0 Å². The van der Waals surface area contributed by atoms with Crippen LogP contribution >= 0.6 is 20.0 Å². The molecule has 2 aromatic carbocycles. The van der Waals surface area contributed by atoms with E-state index in [1.165, 1.54) is 0 Å². The predicted molar refractivity (Wildman–Crippen MR) is 66.0 cm³/mol. The highest BCUT2D eigenvalue weighted by atomic mass is 35.5. The van der Waals surface area contributed by atoms with Crippen LogP contribution in [-0.4, -0.2) is 0 Å². The molecule has 0 aliphatic rings. The van der Waals surface area contributed by atoms with Crippen molar-refractivity contribution in [1.29, 1.82) is 0 Å². The number of hydrogen-bond acceptors (Lipinski definition) is 1. The maximum atomic E-state index is 5.57. The Balaban J connectivity index is 2.34. The van der Waals surface area contributed by atoms with Crippen LogP contribution in [0.15, 0.2) is 60.7 Å². The smallest absolute Gasteiger partial charge is 0.117 e. The molecule has 0 aliphatic carbocycles. The van der Waals surface area contributed by atoms with Gasteiger partial charge < -0.3 is 0 Å². The zero-order valence-corrected chi connectivity index (χ0v) is 9.66. The first-order chi connectivity index (χ1) is 7.42. The van der Waals surface area contributed by atoms with Gasteiger partial charge in [-0.2, -0.15) is 0 Å². The highest BCUT2D eigenvalue weighted by Crippen LogP contribution is 2.35. The zero-order valence-electron chi connectivity index (χ0n) is 8.01. The second-order valence-corrected chi connectivity index (χ2v) is 5.21. The van der Waals surface area contributed by atoms with Crippen LogP contribution in [0.1, 0.15) is 0 Å². The Morgan fingerprint density at radius 2 is 1.13 bits per heavy atom. The topological polar surface area (TPSA) is 9.23 Å². The minimum atomic E-state index is -0.883. The molecule has 0 atom stereocenters. The molecule has 15 heavy (non-hydrogen) atoms. The highest BCUT2D eigenvalue weighted by molar-refractivity contribution is 7.69. The monoisotopic (exact) mass is 236 g/mol. The molecule has 0 fully saturated rings. The summed E-state index contributed by atoms with van der Waals surface area (Å²) >= 11 is 5.57. The van der Waals surface area contributed by atoms with Crippen LogP contribution in [0.3, 0.4) is 0 Å². The van der Waals surface area contributed by atoms with Crippen molar-refractivity contribution in [3.8, 4) is 0 Å². The summed E-state index contributed by atoms with van der Waals surface area (Å²) in [5.74, 6) is 0. The summed E-state index contributed by atoms with van der Waals surface area (Å²) in [5, 5.41) is 2.24. The Labute approximate surface area is 95.7 Å². The molecule has 0 saturated carbocycles. The molecule has 3 heteroatoms. The molecule has 0 unspecified atom stereocenters. The maximum absolute atomic E-state index is 5.57. The molecule has 2 rings (SSSR count). The largest absolute Gasteiger partial charge is 0.247 e. The summed E-state index contributed by atoms with van der Waals surface area (Å²) < 4.78 is 5.06. The third-order valence-corrected chi connectivity index (χ3v) is 4.14. The molecular formula is C12H10ClOP. The van der Waals surface area contributed by atoms with E-state index < -0.39 is 8.15 Å². The van der Waals surface area contributed by atoms with Gasteiger partial charge in [-0.05, 0) is 0 Å². The lowest BCUT2D eigenvalue weighted by Gasteiger charge is -2.12. The Kier molecular flexibility index (Phi) is 3.74. The standard InChI is InChI=1S/C12H10ClOP/c13-14-15(11-7-3-1-4-8-11)12-9-5-2-6-10-12/h1-10H. The van der Waals surface area contributed by atoms with Gasteiger partial charge in [0.2, 0.25) is 0 Å². The molecule has 1 nitrogen and oxygen atoms in total. The van der Waals surface area contributed by atoms with Crippen LogP contribution in [0.4, 0.5) is 0 Å². The maximum Gasteiger partial charge on any atom is 0.117 e. The fraction of sp³-hybridized carbons (Fsp3) is 0. The molecule has 0 bridgehead atoms. The molecule has 0 N–H and O–H groups in total. The summed E-state index contributed by atoms with van der Waals surface area (Å²) in [6.45, 7) is 0. The van der Waals surface area contributed by atoms with Gasteiger partial charge in [-0.3, -0.25) is 0 Å². The third kappa shape index (κ3) is 2.57. The van der Waals surface area contributed by atoms with E-state index in [2.05, 4.69) is 0 Å². The van der Waals surface area contributed by atoms with Crippen LogP contribution < -0.4 is 10.6 Å². The van der Waals surface area contributed by atoms with Crippen molar-refractivity contribution in [2.75, 3.05) is 0 Å². The average molecular weight is 237 g/mol. The second-order valence-electron chi connectivity index (χ2n) is 3.03. The van der Waals surface area contributed by atoms with E-state index in [1.54, 1.807) is 0 Å². The molecule has 0 aromatic heterocycles. The van der Waals surface area contributed by atoms with Crippen molar-refractivity contribution >= 4 is 30.6 Å². The first-order valence-corrected chi connectivity index (χ1v) is 6.17. The van der Waals surface area contributed by atoms with E-state index in [-0.39, 0.29) is 0 Å². The fourth-order valence-electron chi connectivity index (χ4n) is 1.36. The Bertz CT molecular complexity index is 365. The zero-order chi connectivity index (χ0) is 10.5. The summed E-state index contributed by atoms with van der Waals surface area (Å²) in [5.41, 5.74) is 0. The van der Waals surface area contributed by atoms with E-state index in [0.717, 1.165) is 10.6 Å². The quantitative estimate of drug-likeness (QED) is 0.744. The molecule has 0 aliphatic heterocycles. The first-order valence-electron chi connectivity index (χ1n) is 4.61. The Morgan fingerprint density at radius 3 is 1.47 bits per heavy atom. The van der Waals surface area contributed by atoms with E-state index in [0.29, 0.717) is 0 Å². The number of hydrogen-bond donors (Lipinski definition) is 0. The van der Waals surface area contributed by atoms with Gasteiger partial charge in [-0.15, -0.1) is 0 Å². The average Bonchev–Trinajstić information content (AvgIpc) is 2.33. The normalized spacial score (nSPS) is 10.5. The van der Waals surface area contributed by atoms with Crippen molar-refractivity contribution < 1.29 is 4.08 Å². The predicted octanol–water partition coefficient (Wildman–Crippen LogP) is 3.20. The van der Waals surface area contributed by atoms with Gasteiger partial charge in [0, 0.05) is 10.6 Å². The van der Waals surface area contributed by atoms with Crippen LogP contribution in [0.5, 0.6) is 0 Å². The molecule has 76 valence electrons. The van der Waals surface area contributed by atoms with Crippen molar-refractivity contribution in [3.63, 3.8) is 0 Å². The third-order valence-electron chi connectivity index (χ3n) is 2.05. The van der Waals surface area contributed by atoms with E-state index in [1.807, 2.05) is 60.7 Å². The number of rotatable bonds is 3. The van der Waals surface area contributed by atoms with Gasteiger partial charge in [-0.1, -0.05) is 60.7 Å². The van der Waals surface area contributed by atoms with Crippen LogP contribution in [-0.2, 0) is 4.08 Å². The number of benzene rings is 2. The second kappa shape index (κ2) is 5.27. The molecule has 0 radical (unpaired) electrons. The van der Waals surface area contributed by atoms with Gasteiger partial charge in [0.05, 0.1) is 11.9 Å². The van der Waals surface area contributed by atoms with E-state index in [9.17, 15) is 0 Å². The van der Waals surface area contributed by atoms with Crippen molar-refractivity contribution in [2.24, 2.45) is 0 Å². The lowest BCUT2D eigenvalue weighted by atomic mass is 10.4. The van der Waals surface area contributed by atoms with Gasteiger partial charge in [-0.25, -0.2) is 4.08 Å². The summed E-state index contributed by atoms with van der Waals surface area (Å²) in [4.78, 5) is 0. The number of halogens is 1. The summed E-state index contributed by atoms with van der Waals surface area (Å²) in [7, 11) is -0.883. The lowest BCUT2D eigenvalue weighted by molar-refractivity contribution is 0.709. The molecule has 0 saturated heterocycles. The Morgan fingerprint density at radius 1 is 0.733 bits per heavy atom. The van der Waals surface area contributed by atoms with Gasteiger partial charge in [0.1, 0.15) is 8.15 Å².